The molecule has 122 valence electrons. The van der Waals surface area contributed by atoms with E-state index < -0.39 is 10.0 Å². The number of anilines is 1. The molecule has 0 aliphatic rings. The third-order valence-corrected chi connectivity index (χ3v) is 4.08. The fraction of sp³-hybridized carbons (Fsp3) is 0.143. The van der Waals surface area contributed by atoms with Crippen molar-refractivity contribution in [3.8, 4) is 0 Å². The molecule has 8 nitrogen and oxygen atoms in total. The van der Waals surface area contributed by atoms with Crippen LogP contribution in [0.4, 0.5) is 5.69 Å². The van der Waals surface area contributed by atoms with Crippen LogP contribution in [0.25, 0.3) is 0 Å². The van der Waals surface area contributed by atoms with Gasteiger partial charge in [-0.3, -0.25) is 0 Å². The predicted molar refractivity (Wildman–Crippen MR) is 89.1 cm³/mol. The molecule has 0 spiro atoms. The van der Waals surface area contributed by atoms with Crippen LogP contribution in [-0.4, -0.2) is 26.3 Å². The van der Waals surface area contributed by atoms with E-state index >= 15 is 0 Å². The van der Waals surface area contributed by atoms with Gasteiger partial charge >= 0.3 is 0 Å². The molecule has 1 aromatic heterocycles. The lowest BCUT2D eigenvalue weighted by molar-refractivity contribution is 0.593. The van der Waals surface area contributed by atoms with Crippen LogP contribution in [0, 0.1) is 0 Å². The van der Waals surface area contributed by atoms with E-state index in [9.17, 15) is 8.42 Å². The van der Waals surface area contributed by atoms with Crippen molar-refractivity contribution in [2.75, 3.05) is 11.9 Å². The van der Waals surface area contributed by atoms with Crippen LogP contribution < -0.4 is 21.6 Å². The first-order chi connectivity index (χ1) is 10.8. The third kappa shape index (κ3) is 3.76. The van der Waals surface area contributed by atoms with E-state index in [0.717, 1.165) is 5.56 Å². The van der Waals surface area contributed by atoms with E-state index in [2.05, 4.69) is 10.1 Å². The topological polar surface area (TPSA) is 141 Å². The number of hydrogen-bond acceptors (Lipinski definition) is 6. The van der Waals surface area contributed by atoms with E-state index in [-0.39, 0.29) is 16.4 Å². The van der Waals surface area contributed by atoms with Crippen molar-refractivity contribution >= 4 is 21.5 Å². The highest BCUT2D eigenvalue weighted by atomic mass is 32.2. The van der Waals surface area contributed by atoms with Crippen LogP contribution in [0.1, 0.15) is 11.1 Å². The Morgan fingerprint density at radius 3 is 2.48 bits per heavy atom. The smallest absolute Gasteiger partial charge is 0.256 e. The average Bonchev–Trinajstić information content (AvgIpc) is 2.53. The van der Waals surface area contributed by atoms with Crippen molar-refractivity contribution < 1.29 is 8.42 Å². The lowest BCUT2D eigenvalue weighted by Gasteiger charge is -2.23. The fourth-order valence-corrected chi connectivity index (χ4v) is 2.92. The Hall–Kier alpha value is -2.65. The number of primary sulfonamides is 1. The van der Waals surface area contributed by atoms with Crippen molar-refractivity contribution in [2.45, 2.75) is 11.6 Å². The Balaban J connectivity index is 2.54. The minimum absolute atomic E-state index is 0.0935. The summed E-state index contributed by atoms with van der Waals surface area (Å²) in [6.07, 6.45) is 1.35. The summed E-state index contributed by atoms with van der Waals surface area (Å²) in [6.45, 7) is 0.528. The minimum atomic E-state index is -4.07. The number of pyridine rings is 1. The first kappa shape index (κ1) is 16.7. The van der Waals surface area contributed by atoms with Crippen LogP contribution in [0.5, 0.6) is 0 Å². The summed E-state index contributed by atoms with van der Waals surface area (Å²) >= 11 is 0. The molecule has 0 aliphatic heterocycles. The number of amidine groups is 1. The maximum Gasteiger partial charge on any atom is 0.256 e. The van der Waals surface area contributed by atoms with E-state index in [1.165, 1.54) is 6.20 Å². The molecule has 1 heterocycles. The van der Waals surface area contributed by atoms with Crippen LogP contribution in [-0.2, 0) is 16.6 Å². The molecule has 2 rings (SSSR count). The number of rotatable bonds is 5. The highest BCUT2D eigenvalue weighted by Crippen LogP contribution is 2.25. The molecule has 0 fully saturated rings. The lowest BCUT2D eigenvalue weighted by Crippen LogP contribution is -2.28. The number of benzene rings is 1. The minimum Gasteiger partial charge on any atom is -0.382 e. The Morgan fingerprint density at radius 1 is 1.26 bits per heavy atom. The van der Waals surface area contributed by atoms with Crippen molar-refractivity contribution in [3.05, 3.63) is 53.7 Å². The van der Waals surface area contributed by atoms with Gasteiger partial charge in [0.05, 0.1) is 11.3 Å². The van der Waals surface area contributed by atoms with Crippen LogP contribution >= 0.6 is 0 Å². The Morgan fingerprint density at radius 2 is 1.91 bits per heavy atom. The first-order valence-electron chi connectivity index (χ1n) is 6.65. The number of nitrogens with two attached hydrogens (primary N) is 3. The largest absolute Gasteiger partial charge is 0.382 e. The molecular weight excluding hydrogens is 316 g/mol. The third-order valence-electron chi connectivity index (χ3n) is 3.23. The second kappa shape index (κ2) is 6.63. The normalized spacial score (nSPS) is 12.2. The van der Waals surface area contributed by atoms with E-state index in [0.29, 0.717) is 12.2 Å². The number of sulfonamides is 1. The van der Waals surface area contributed by atoms with Gasteiger partial charge in [-0.25, -0.2) is 18.5 Å². The second-order valence-electron chi connectivity index (χ2n) is 4.91. The van der Waals surface area contributed by atoms with Crippen LogP contribution in [0.2, 0.25) is 0 Å². The average molecular weight is 334 g/mol. The summed E-state index contributed by atoms with van der Waals surface area (Å²) < 4.78 is 23.5. The molecule has 6 N–H and O–H groups in total. The van der Waals surface area contributed by atoms with E-state index in [1.807, 2.05) is 35.2 Å². The monoisotopic (exact) mass is 334 g/mol. The van der Waals surface area contributed by atoms with Crippen molar-refractivity contribution in [3.63, 3.8) is 0 Å². The van der Waals surface area contributed by atoms with Gasteiger partial charge in [-0.05, 0) is 11.6 Å². The van der Waals surface area contributed by atoms with Gasteiger partial charge in [0.2, 0.25) is 0 Å². The summed E-state index contributed by atoms with van der Waals surface area (Å²) in [7, 11) is -2.28. The Bertz CT molecular complexity index is 820. The molecule has 0 aliphatic carbocycles. The highest BCUT2D eigenvalue weighted by Gasteiger charge is 2.23. The number of hydrogen-bond donors (Lipinski definition) is 3. The number of aromatic nitrogens is 1. The molecule has 0 amide bonds. The number of nitrogens with zero attached hydrogens (tertiary/aromatic N) is 3. The van der Waals surface area contributed by atoms with Crippen LogP contribution in [0.15, 0.2) is 52.7 Å². The Labute approximate surface area is 134 Å². The lowest BCUT2D eigenvalue weighted by atomic mass is 10.1. The molecule has 0 unspecified atom stereocenters. The summed E-state index contributed by atoms with van der Waals surface area (Å²) in [5, 5.41) is 8.24. The molecule has 0 saturated heterocycles. The molecular formula is C14H18N6O2S. The number of hydrazone groups is 1. The maximum atomic E-state index is 11.8. The summed E-state index contributed by atoms with van der Waals surface area (Å²) in [4.78, 5) is 5.63. The van der Waals surface area contributed by atoms with Gasteiger partial charge in [0.25, 0.3) is 10.0 Å². The molecule has 0 radical (unpaired) electrons. The van der Waals surface area contributed by atoms with E-state index in [1.54, 1.807) is 13.1 Å². The van der Waals surface area contributed by atoms with E-state index in [4.69, 9.17) is 16.7 Å². The van der Waals surface area contributed by atoms with Gasteiger partial charge in [-0.1, -0.05) is 30.3 Å². The molecule has 9 heteroatoms. The zero-order chi connectivity index (χ0) is 17.0. The zero-order valence-corrected chi connectivity index (χ0v) is 13.4. The molecule has 1 aromatic carbocycles. The molecule has 0 atom stereocenters. The standard InChI is InChI=1S/C14H18N6O2S/c1-20(9-10-5-3-2-4-6-10)11-7-8-18-14(23(17,21)22)12(11)13(15)19-16/h2-8H,9,16H2,1H3,(H2,15,19)(H2,17,21,22). The van der Waals surface area contributed by atoms with Gasteiger partial charge < -0.3 is 16.5 Å². The molecule has 23 heavy (non-hydrogen) atoms. The van der Waals surface area contributed by atoms with Gasteiger partial charge in [-0.15, -0.1) is 0 Å². The molecule has 0 saturated carbocycles. The van der Waals surface area contributed by atoms with Gasteiger partial charge in [-0.2, -0.15) is 5.10 Å². The maximum absolute atomic E-state index is 11.8. The predicted octanol–water partition coefficient (Wildman–Crippen LogP) is -0.0556. The molecule has 0 bridgehead atoms. The molecule has 2 aromatic rings. The van der Waals surface area contributed by atoms with Crippen molar-refractivity contribution in [1.29, 1.82) is 0 Å². The summed E-state index contributed by atoms with van der Waals surface area (Å²) in [5.74, 6) is 5.06. The van der Waals surface area contributed by atoms with Gasteiger partial charge in [0, 0.05) is 19.8 Å². The summed E-state index contributed by atoms with van der Waals surface area (Å²) in [6, 6.07) is 11.3. The highest BCUT2D eigenvalue weighted by molar-refractivity contribution is 7.89. The van der Waals surface area contributed by atoms with Gasteiger partial charge in [0.1, 0.15) is 0 Å². The van der Waals surface area contributed by atoms with Gasteiger partial charge in [0.15, 0.2) is 10.9 Å². The first-order valence-corrected chi connectivity index (χ1v) is 8.20. The summed E-state index contributed by atoms with van der Waals surface area (Å²) in [5.41, 5.74) is 7.41. The SMILES string of the molecule is CN(Cc1ccccc1)c1ccnc(S(N)(=O)=O)c1/C(N)=N/N. The zero-order valence-electron chi connectivity index (χ0n) is 12.5. The second-order valence-corrected chi connectivity index (χ2v) is 6.39. The van der Waals surface area contributed by atoms with Crippen molar-refractivity contribution in [1.82, 2.24) is 4.98 Å². The van der Waals surface area contributed by atoms with Crippen LogP contribution in [0.3, 0.4) is 0 Å². The quantitative estimate of drug-likeness (QED) is 0.303. The fourth-order valence-electron chi connectivity index (χ4n) is 2.21. The van der Waals surface area contributed by atoms with Crippen molar-refractivity contribution in [2.24, 2.45) is 21.8 Å². The Kier molecular flexibility index (Phi) is 4.82.